The average molecular weight is 328 g/mol. The van der Waals surface area contributed by atoms with E-state index in [1.807, 2.05) is 18.2 Å². The van der Waals surface area contributed by atoms with Gasteiger partial charge in [-0.25, -0.2) is 0 Å². The zero-order chi connectivity index (χ0) is 14.4. The molecular weight excluding hydrogens is 309 g/mol. The number of nitrogens with one attached hydrogen (secondary N) is 1. The van der Waals surface area contributed by atoms with Gasteiger partial charge in [0.05, 0.1) is 0 Å². The Bertz CT molecular complexity index is 525. The zero-order valence-corrected chi connectivity index (χ0v) is 13.9. The predicted octanol–water partition coefficient (Wildman–Crippen LogP) is 5.21. The number of rotatable bonds is 7. The average Bonchev–Trinajstić information content (AvgIpc) is 2.93. The summed E-state index contributed by atoms with van der Waals surface area (Å²) >= 11 is 14.1. The van der Waals surface area contributed by atoms with Crippen molar-refractivity contribution in [3.63, 3.8) is 0 Å². The molecular formula is C16H19Cl2NS. The largest absolute Gasteiger partial charge is 0.313 e. The highest BCUT2D eigenvalue weighted by Crippen LogP contribution is 2.23. The lowest BCUT2D eigenvalue weighted by molar-refractivity contribution is 0.505. The second-order valence-electron chi connectivity index (χ2n) is 4.93. The van der Waals surface area contributed by atoms with Crippen molar-refractivity contribution in [2.45, 2.75) is 32.2 Å². The second kappa shape index (κ2) is 8.04. The molecule has 1 heterocycles. The summed E-state index contributed by atoms with van der Waals surface area (Å²) in [4.78, 5) is 0. The van der Waals surface area contributed by atoms with Crippen molar-refractivity contribution in [1.29, 1.82) is 0 Å². The molecule has 0 spiro atoms. The first-order chi connectivity index (χ1) is 9.69. The van der Waals surface area contributed by atoms with Gasteiger partial charge in [-0.3, -0.25) is 0 Å². The van der Waals surface area contributed by atoms with Crippen LogP contribution in [0.1, 0.15) is 24.5 Å². The van der Waals surface area contributed by atoms with Crippen molar-refractivity contribution in [2.75, 3.05) is 6.54 Å². The van der Waals surface area contributed by atoms with Gasteiger partial charge in [0.1, 0.15) is 0 Å². The Morgan fingerprint density at radius 2 is 2.05 bits per heavy atom. The molecule has 0 bridgehead atoms. The molecule has 1 atom stereocenters. The highest BCUT2D eigenvalue weighted by Gasteiger charge is 2.12. The number of benzene rings is 1. The lowest BCUT2D eigenvalue weighted by Gasteiger charge is -2.19. The molecule has 0 aliphatic rings. The molecule has 0 saturated carbocycles. The van der Waals surface area contributed by atoms with Gasteiger partial charge >= 0.3 is 0 Å². The Labute approximate surface area is 134 Å². The molecule has 0 amide bonds. The first kappa shape index (κ1) is 15.8. The minimum Gasteiger partial charge on any atom is -0.313 e. The van der Waals surface area contributed by atoms with Gasteiger partial charge in [-0.15, -0.1) is 0 Å². The van der Waals surface area contributed by atoms with Crippen molar-refractivity contribution in [2.24, 2.45) is 0 Å². The molecule has 0 fully saturated rings. The molecule has 0 aliphatic carbocycles. The van der Waals surface area contributed by atoms with Crippen LogP contribution in [-0.2, 0) is 12.8 Å². The molecule has 1 unspecified atom stereocenters. The molecule has 1 aromatic carbocycles. The highest BCUT2D eigenvalue weighted by atomic mass is 35.5. The minimum absolute atomic E-state index is 0.389. The fourth-order valence-electron chi connectivity index (χ4n) is 2.22. The molecule has 0 saturated heterocycles. The molecule has 1 aromatic heterocycles. The third-order valence-electron chi connectivity index (χ3n) is 3.22. The lowest BCUT2D eigenvalue weighted by Crippen LogP contribution is -2.33. The Balaban J connectivity index is 2.08. The van der Waals surface area contributed by atoms with E-state index in [2.05, 4.69) is 29.1 Å². The summed E-state index contributed by atoms with van der Waals surface area (Å²) in [7, 11) is 0. The Morgan fingerprint density at radius 1 is 1.20 bits per heavy atom. The van der Waals surface area contributed by atoms with E-state index < -0.39 is 0 Å². The summed E-state index contributed by atoms with van der Waals surface area (Å²) < 4.78 is 0. The van der Waals surface area contributed by atoms with Crippen LogP contribution in [0.4, 0.5) is 0 Å². The maximum Gasteiger partial charge on any atom is 0.0439 e. The standard InChI is InChI=1S/C16H19Cl2NS/c1-2-6-19-15(8-12-5-7-20-11-12)10-13-9-14(17)3-4-16(13)18/h3-5,7,9,11,15,19H,2,6,8,10H2,1H3. The van der Waals surface area contributed by atoms with E-state index >= 15 is 0 Å². The smallest absolute Gasteiger partial charge is 0.0439 e. The normalized spacial score (nSPS) is 12.6. The lowest BCUT2D eigenvalue weighted by atomic mass is 10.0. The summed E-state index contributed by atoms with van der Waals surface area (Å²) in [5, 5.41) is 9.48. The highest BCUT2D eigenvalue weighted by molar-refractivity contribution is 7.07. The third kappa shape index (κ3) is 4.78. The maximum atomic E-state index is 6.27. The van der Waals surface area contributed by atoms with E-state index in [0.29, 0.717) is 6.04 Å². The topological polar surface area (TPSA) is 12.0 Å². The van der Waals surface area contributed by atoms with E-state index in [0.717, 1.165) is 41.4 Å². The third-order valence-corrected chi connectivity index (χ3v) is 4.56. The predicted molar refractivity (Wildman–Crippen MR) is 90.3 cm³/mol. The van der Waals surface area contributed by atoms with Gasteiger partial charge in [0.25, 0.3) is 0 Å². The van der Waals surface area contributed by atoms with Gasteiger partial charge in [-0.05, 0) is 72.0 Å². The van der Waals surface area contributed by atoms with E-state index in [4.69, 9.17) is 23.2 Å². The van der Waals surface area contributed by atoms with Crippen molar-refractivity contribution in [3.8, 4) is 0 Å². The van der Waals surface area contributed by atoms with Crippen LogP contribution >= 0.6 is 34.5 Å². The van der Waals surface area contributed by atoms with Gasteiger partial charge in [-0.2, -0.15) is 11.3 Å². The van der Waals surface area contributed by atoms with Gasteiger partial charge in [-0.1, -0.05) is 30.1 Å². The fraction of sp³-hybridized carbons (Fsp3) is 0.375. The molecule has 1 nitrogen and oxygen atoms in total. The Morgan fingerprint density at radius 3 is 2.75 bits per heavy atom. The monoisotopic (exact) mass is 327 g/mol. The van der Waals surface area contributed by atoms with Crippen molar-refractivity contribution in [3.05, 3.63) is 56.2 Å². The van der Waals surface area contributed by atoms with Crippen LogP contribution in [0.3, 0.4) is 0 Å². The van der Waals surface area contributed by atoms with Crippen molar-refractivity contribution >= 4 is 34.5 Å². The van der Waals surface area contributed by atoms with Gasteiger partial charge < -0.3 is 5.32 Å². The summed E-state index contributed by atoms with van der Waals surface area (Å²) in [6.45, 7) is 3.20. The van der Waals surface area contributed by atoms with Crippen LogP contribution in [0, 0.1) is 0 Å². The van der Waals surface area contributed by atoms with Crippen molar-refractivity contribution < 1.29 is 0 Å². The van der Waals surface area contributed by atoms with Crippen molar-refractivity contribution in [1.82, 2.24) is 5.32 Å². The van der Waals surface area contributed by atoms with Crippen LogP contribution in [0.15, 0.2) is 35.0 Å². The van der Waals surface area contributed by atoms with E-state index in [-0.39, 0.29) is 0 Å². The summed E-state index contributed by atoms with van der Waals surface area (Å²) in [6.07, 6.45) is 3.05. The summed E-state index contributed by atoms with van der Waals surface area (Å²) in [5.74, 6) is 0. The Hall–Kier alpha value is -0.540. The van der Waals surface area contributed by atoms with Crippen LogP contribution in [0.25, 0.3) is 0 Å². The zero-order valence-electron chi connectivity index (χ0n) is 11.5. The molecule has 20 heavy (non-hydrogen) atoms. The van der Waals surface area contributed by atoms with Gasteiger partial charge in [0.2, 0.25) is 0 Å². The molecule has 2 rings (SSSR count). The van der Waals surface area contributed by atoms with Crippen LogP contribution < -0.4 is 5.32 Å². The van der Waals surface area contributed by atoms with Gasteiger partial charge in [0, 0.05) is 16.1 Å². The van der Waals surface area contributed by atoms with Crippen LogP contribution in [0.5, 0.6) is 0 Å². The quantitative estimate of drug-likeness (QED) is 0.736. The summed E-state index contributed by atoms with van der Waals surface area (Å²) in [6, 6.07) is 8.25. The number of hydrogen-bond acceptors (Lipinski definition) is 2. The Kier molecular flexibility index (Phi) is 6.37. The molecule has 1 N–H and O–H groups in total. The fourth-order valence-corrected chi connectivity index (χ4v) is 3.29. The SMILES string of the molecule is CCCNC(Cc1ccsc1)Cc1cc(Cl)ccc1Cl. The molecule has 108 valence electrons. The summed E-state index contributed by atoms with van der Waals surface area (Å²) in [5.41, 5.74) is 2.49. The number of hydrogen-bond donors (Lipinski definition) is 1. The molecule has 0 radical (unpaired) electrons. The molecule has 2 aromatic rings. The van der Waals surface area contributed by atoms with Crippen LogP contribution in [-0.4, -0.2) is 12.6 Å². The number of thiophene rings is 1. The second-order valence-corrected chi connectivity index (χ2v) is 6.55. The van der Waals surface area contributed by atoms with E-state index in [1.165, 1.54) is 5.56 Å². The minimum atomic E-state index is 0.389. The maximum absolute atomic E-state index is 6.27. The van der Waals surface area contributed by atoms with Crippen LogP contribution in [0.2, 0.25) is 10.0 Å². The van der Waals surface area contributed by atoms with Gasteiger partial charge in [0.15, 0.2) is 0 Å². The molecule has 4 heteroatoms. The first-order valence-corrected chi connectivity index (χ1v) is 8.57. The first-order valence-electron chi connectivity index (χ1n) is 6.87. The number of halogens is 2. The van der Waals surface area contributed by atoms with E-state index in [1.54, 1.807) is 11.3 Å². The molecule has 0 aliphatic heterocycles. The van der Waals surface area contributed by atoms with E-state index in [9.17, 15) is 0 Å².